The summed E-state index contributed by atoms with van der Waals surface area (Å²) in [6, 6.07) is 6.53. The Balaban J connectivity index is 2.18. The van der Waals surface area contributed by atoms with Crippen LogP contribution in [0.5, 0.6) is 0 Å². The zero-order valence-corrected chi connectivity index (χ0v) is 10.5. The number of hydrogen-bond acceptors (Lipinski definition) is 3. The molecule has 1 aromatic rings. The van der Waals surface area contributed by atoms with Crippen LogP contribution in [-0.2, 0) is 0 Å². The van der Waals surface area contributed by atoms with Gasteiger partial charge in [-0.25, -0.2) is 0 Å². The maximum Gasteiger partial charge on any atom is 0.420 e. The lowest BCUT2D eigenvalue weighted by atomic mass is 9.98. The van der Waals surface area contributed by atoms with E-state index in [1.165, 1.54) is 0 Å². The van der Waals surface area contributed by atoms with Crippen molar-refractivity contribution in [2.24, 2.45) is 0 Å². The summed E-state index contributed by atoms with van der Waals surface area (Å²) in [5, 5.41) is 4.73. The Morgan fingerprint density at radius 2 is 1.74 bits per heavy atom. The average molecular weight is 272 g/mol. The lowest BCUT2D eigenvalue weighted by molar-refractivity contribution is -0.198. The van der Waals surface area contributed by atoms with Crippen LogP contribution in [0.3, 0.4) is 0 Å². The molecule has 1 aromatic carbocycles. The fraction of sp³-hybridized carbons (Fsp3) is 0.462. The molecule has 0 aliphatic carbocycles. The maximum atomic E-state index is 13.1. The third-order valence-corrected chi connectivity index (χ3v) is 3.26. The maximum absolute atomic E-state index is 13.1. The number of hydrogen-bond donors (Lipinski definition) is 2. The van der Waals surface area contributed by atoms with E-state index in [0.717, 1.165) is 5.56 Å². The van der Waals surface area contributed by atoms with E-state index in [1.807, 2.05) is 6.92 Å². The molecule has 2 N–H and O–H groups in total. The minimum Gasteiger partial charge on any atom is -0.294 e. The number of aryl methyl sites for hydroxylation is 1. The molecule has 0 spiro atoms. The number of nitrogens with one attached hydrogen (secondary N) is 2. The lowest BCUT2D eigenvalue weighted by Gasteiger charge is -2.31. The third kappa shape index (κ3) is 2.79. The summed E-state index contributed by atoms with van der Waals surface area (Å²) < 4.78 is 39.2. The minimum atomic E-state index is -4.51. The second-order valence-electron chi connectivity index (χ2n) is 4.72. The largest absolute Gasteiger partial charge is 0.420 e. The van der Waals surface area contributed by atoms with Crippen molar-refractivity contribution in [3.8, 4) is 0 Å². The van der Waals surface area contributed by atoms with Crippen molar-refractivity contribution in [1.29, 1.82) is 0 Å². The van der Waals surface area contributed by atoms with Crippen LogP contribution in [-0.4, -0.2) is 30.7 Å². The quantitative estimate of drug-likeness (QED) is 0.827. The van der Waals surface area contributed by atoms with Gasteiger partial charge >= 0.3 is 6.18 Å². The molecule has 1 aliphatic heterocycles. The predicted molar refractivity (Wildman–Crippen MR) is 64.9 cm³/mol. The van der Waals surface area contributed by atoms with Gasteiger partial charge in [-0.1, -0.05) is 29.8 Å². The molecule has 6 heteroatoms. The molecule has 1 fully saturated rings. The van der Waals surface area contributed by atoms with E-state index >= 15 is 0 Å². The van der Waals surface area contributed by atoms with E-state index < -0.39 is 24.0 Å². The van der Waals surface area contributed by atoms with Crippen molar-refractivity contribution in [2.45, 2.75) is 25.2 Å². The Bertz CT molecular complexity index is 462. The Labute approximate surface area is 109 Å². The summed E-state index contributed by atoms with van der Waals surface area (Å²) in [4.78, 5) is 12.0. The van der Waals surface area contributed by atoms with Gasteiger partial charge in [-0.3, -0.25) is 15.4 Å². The van der Waals surface area contributed by atoms with Crippen LogP contribution in [0.4, 0.5) is 13.2 Å². The fourth-order valence-corrected chi connectivity index (χ4v) is 2.12. The van der Waals surface area contributed by atoms with Crippen LogP contribution in [0, 0.1) is 6.92 Å². The number of carbonyl (C=O) groups excluding carboxylic acids is 1. The smallest absolute Gasteiger partial charge is 0.294 e. The summed E-state index contributed by atoms with van der Waals surface area (Å²) in [5.41, 5.74) is -1.04. The highest BCUT2D eigenvalue weighted by Crippen LogP contribution is 2.33. The number of Topliss-reactive ketones (excluding diaryl/α,β-unsaturated/α-hetero) is 1. The summed E-state index contributed by atoms with van der Waals surface area (Å²) in [5.74, 6) is -0.528. The topological polar surface area (TPSA) is 41.1 Å². The van der Waals surface area contributed by atoms with E-state index in [9.17, 15) is 18.0 Å². The molecular weight excluding hydrogens is 257 g/mol. The molecule has 104 valence electrons. The van der Waals surface area contributed by atoms with Gasteiger partial charge in [0.25, 0.3) is 0 Å². The molecule has 2 rings (SSSR count). The van der Waals surface area contributed by atoms with Gasteiger partial charge in [0.15, 0.2) is 11.4 Å². The molecule has 0 atom stereocenters. The van der Waals surface area contributed by atoms with Gasteiger partial charge in [0.2, 0.25) is 0 Å². The van der Waals surface area contributed by atoms with Gasteiger partial charge in [-0.15, -0.1) is 0 Å². The first-order valence-corrected chi connectivity index (χ1v) is 6.01. The van der Waals surface area contributed by atoms with Gasteiger partial charge in [0.05, 0.1) is 6.42 Å². The van der Waals surface area contributed by atoms with Crippen LogP contribution in [0.25, 0.3) is 0 Å². The highest BCUT2D eigenvalue weighted by Gasteiger charge is 2.57. The Morgan fingerprint density at radius 1 is 1.21 bits per heavy atom. The van der Waals surface area contributed by atoms with Gasteiger partial charge in [0.1, 0.15) is 0 Å². The summed E-state index contributed by atoms with van der Waals surface area (Å²) >= 11 is 0. The van der Waals surface area contributed by atoms with Crippen molar-refractivity contribution < 1.29 is 18.0 Å². The van der Waals surface area contributed by atoms with Gasteiger partial charge in [-0.05, 0) is 6.92 Å². The molecule has 0 radical (unpaired) electrons. The van der Waals surface area contributed by atoms with Crippen molar-refractivity contribution >= 4 is 5.78 Å². The van der Waals surface area contributed by atoms with E-state index in [2.05, 4.69) is 10.6 Å². The zero-order valence-electron chi connectivity index (χ0n) is 10.5. The molecule has 1 aliphatic rings. The van der Waals surface area contributed by atoms with Gasteiger partial charge < -0.3 is 0 Å². The third-order valence-electron chi connectivity index (χ3n) is 3.26. The van der Waals surface area contributed by atoms with Gasteiger partial charge in [-0.2, -0.15) is 13.2 Å². The van der Waals surface area contributed by atoms with E-state index in [0.29, 0.717) is 5.56 Å². The van der Waals surface area contributed by atoms with Crippen molar-refractivity contribution in [2.75, 3.05) is 13.1 Å². The molecule has 0 bridgehead atoms. The first-order valence-electron chi connectivity index (χ1n) is 6.01. The molecule has 3 nitrogen and oxygen atoms in total. The normalized spacial score (nSPS) is 18.5. The number of benzene rings is 1. The number of ketones is 1. The Hall–Kier alpha value is -1.40. The van der Waals surface area contributed by atoms with Crippen molar-refractivity contribution in [1.82, 2.24) is 10.6 Å². The number of halogens is 3. The molecule has 0 saturated carbocycles. The average Bonchev–Trinajstić information content (AvgIpc) is 2.79. The lowest BCUT2D eigenvalue weighted by Crippen LogP contribution is -2.61. The Morgan fingerprint density at radius 3 is 2.21 bits per heavy atom. The summed E-state index contributed by atoms with van der Waals surface area (Å²) in [6.07, 6.45) is -5.15. The zero-order chi connectivity index (χ0) is 14.1. The van der Waals surface area contributed by atoms with E-state index in [4.69, 9.17) is 0 Å². The second-order valence-corrected chi connectivity index (χ2v) is 4.72. The molecule has 19 heavy (non-hydrogen) atoms. The Kier molecular flexibility index (Phi) is 3.64. The van der Waals surface area contributed by atoms with E-state index in [1.54, 1.807) is 24.3 Å². The summed E-state index contributed by atoms with van der Waals surface area (Å²) in [6.45, 7) is 2.24. The number of rotatable bonds is 3. The first kappa shape index (κ1) is 14.0. The van der Waals surface area contributed by atoms with Crippen molar-refractivity contribution in [3.05, 3.63) is 35.4 Å². The molecule has 0 amide bonds. The standard InChI is InChI=1S/C13H15F3N2O/c1-9-2-4-10(5-3-9)11(19)8-12(13(14,15)16)17-6-7-18-12/h2-5,17-18H,6-8H2,1H3. The molecule has 1 saturated heterocycles. The van der Waals surface area contributed by atoms with Crippen LogP contribution in [0.15, 0.2) is 24.3 Å². The molecular formula is C13H15F3N2O. The van der Waals surface area contributed by atoms with Crippen LogP contribution >= 0.6 is 0 Å². The second kappa shape index (κ2) is 4.94. The number of alkyl halides is 3. The predicted octanol–water partition coefficient (Wildman–Crippen LogP) is 2.02. The van der Waals surface area contributed by atoms with Crippen LogP contribution in [0.2, 0.25) is 0 Å². The number of carbonyl (C=O) groups is 1. The van der Waals surface area contributed by atoms with Crippen molar-refractivity contribution in [3.63, 3.8) is 0 Å². The van der Waals surface area contributed by atoms with Crippen LogP contribution < -0.4 is 10.6 Å². The highest BCUT2D eigenvalue weighted by molar-refractivity contribution is 5.96. The monoisotopic (exact) mass is 272 g/mol. The van der Waals surface area contributed by atoms with Crippen LogP contribution in [0.1, 0.15) is 22.3 Å². The molecule has 1 heterocycles. The summed E-state index contributed by atoms with van der Waals surface area (Å²) in [7, 11) is 0. The molecule has 0 unspecified atom stereocenters. The van der Waals surface area contributed by atoms with E-state index in [-0.39, 0.29) is 13.1 Å². The highest BCUT2D eigenvalue weighted by atomic mass is 19.4. The SMILES string of the molecule is Cc1ccc(C(=O)CC2(C(F)(F)F)NCCN2)cc1. The first-order chi connectivity index (χ1) is 8.84. The van der Waals surface area contributed by atoms with Gasteiger partial charge in [0, 0.05) is 18.7 Å². The minimum absolute atomic E-state index is 0.195. The fourth-order valence-electron chi connectivity index (χ4n) is 2.12. The molecule has 0 aromatic heterocycles.